The van der Waals surface area contributed by atoms with Crippen molar-refractivity contribution in [2.75, 3.05) is 0 Å². The number of rotatable bonds is 6. The Morgan fingerprint density at radius 1 is 1.06 bits per heavy atom. The van der Waals surface area contributed by atoms with E-state index >= 15 is 0 Å². The Balaban J connectivity index is 1.62. The Bertz CT molecular complexity index is 1330. The minimum atomic E-state index is -0.456. The van der Waals surface area contributed by atoms with E-state index in [0.717, 1.165) is 22.0 Å². The molecule has 4 rings (SSSR count). The van der Waals surface area contributed by atoms with Crippen LogP contribution in [0.4, 0.5) is 0 Å². The number of nitriles is 2. The molecule has 0 saturated carbocycles. The highest BCUT2D eigenvalue weighted by Gasteiger charge is 2.13. The molecule has 0 atom stereocenters. The molecule has 150 valence electrons. The normalized spacial score (nSPS) is 11.1. The van der Waals surface area contributed by atoms with Crippen molar-refractivity contribution in [3.05, 3.63) is 101 Å². The SMILES string of the molecule is N#C/C(=C\c1cn(Cc2ccc(C#N)cc2)c2ccccc12)C(=O)NCc1ccco1. The molecule has 0 spiro atoms. The van der Waals surface area contributed by atoms with E-state index in [0.29, 0.717) is 17.9 Å². The summed E-state index contributed by atoms with van der Waals surface area (Å²) in [6.07, 6.45) is 5.07. The molecule has 1 amide bonds. The van der Waals surface area contributed by atoms with Crippen molar-refractivity contribution in [1.82, 2.24) is 9.88 Å². The summed E-state index contributed by atoms with van der Waals surface area (Å²) in [5.41, 5.74) is 3.46. The number of hydrogen-bond acceptors (Lipinski definition) is 4. The van der Waals surface area contributed by atoms with Crippen LogP contribution in [0.5, 0.6) is 0 Å². The maximum absolute atomic E-state index is 12.5. The molecule has 0 saturated heterocycles. The first kappa shape index (κ1) is 19.8. The van der Waals surface area contributed by atoms with Gasteiger partial charge in [0.25, 0.3) is 5.91 Å². The first-order valence-electron chi connectivity index (χ1n) is 9.67. The van der Waals surface area contributed by atoms with Gasteiger partial charge in [-0.2, -0.15) is 10.5 Å². The molecule has 4 aromatic rings. The van der Waals surface area contributed by atoms with Crippen molar-refractivity contribution in [3.63, 3.8) is 0 Å². The van der Waals surface area contributed by atoms with Gasteiger partial charge in [0.2, 0.25) is 0 Å². The minimum absolute atomic E-state index is 0.0211. The standard InChI is InChI=1S/C25H18N4O2/c26-13-18-7-9-19(10-8-18)16-29-17-21(23-5-1-2-6-24(23)29)12-20(14-27)25(30)28-15-22-4-3-11-31-22/h1-12,17H,15-16H2,(H,28,30)/b20-12+. The number of para-hydroxylation sites is 1. The number of hydrogen-bond donors (Lipinski definition) is 1. The van der Waals surface area contributed by atoms with Gasteiger partial charge in [0, 0.05) is 29.2 Å². The van der Waals surface area contributed by atoms with Gasteiger partial charge >= 0.3 is 0 Å². The number of furan rings is 1. The first-order valence-corrected chi connectivity index (χ1v) is 9.67. The molecule has 0 aliphatic rings. The van der Waals surface area contributed by atoms with Crippen LogP contribution >= 0.6 is 0 Å². The molecule has 0 unspecified atom stereocenters. The molecule has 2 aromatic heterocycles. The topological polar surface area (TPSA) is 94.8 Å². The molecule has 0 radical (unpaired) electrons. The van der Waals surface area contributed by atoms with E-state index in [-0.39, 0.29) is 12.1 Å². The van der Waals surface area contributed by atoms with Crippen molar-refractivity contribution in [3.8, 4) is 12.1 Å². The van der Waals surface area contributed by atoms with Crippen molar-refractivity contribution in [1.29, 1.82) is 10.5 Å². The van der Waals surface area contributed by atoms with E-state index < -0.39 is 5.91 Å². The summed E-state index contributed by atoms with van der Waals surface area (Å²) < 4.78 is 7.28. The Morgan fingerprint density at radius 3 is 2.58 bits per heavy atom. The number of carbonyl (C=O) groups is 1. The Hall–Kier alpha value is -4.55. The summed E-state index contributed by atoms with van der Waals surface area (Å²) in [6.45, 7) is 0.817. The molecule has 0 bridgehead atoms. The average molecular weight is 406 g/mol. The summed E-state index contributed by atoms with van der Waals surface area (Å²) in [6, 6.07) is 22.9. The number of benzene rings is 2. The molecule has 2 heterocycles. The number of amides is 1. The van der Waals surface area contributed by atoms with Crippen LogP contribution in [0.1, 0.15) is 22.5 Å². The van der Waals surface area contributed by atoms with Crippen molar-refractivity contribution >= 4 is 22.9 Å². The lowest BCUT2D eigenvalue weighted by molar-refractivity contribution is -0.117. The summed E-state index contributed by atoms with van der Waals surface area (Å²) in [4.78, 5) is 12.5. The predicted molar refractivity (Wildman–Crippen MR) is 116 cm³/mol. The summed E-state index contributed by atoms with van der Waals surface area (Å²) >= 11 is 0. The van der Waals surface area contributed by atoms with Gasteiger partial charge in [-0.15, -0.1) is 0 Å². The van der Waals surface area contributed by atoms with E-state index in [4.69, 9.17) is 9.68 Å². The van der Waals surface area contributed by atoms with Gasteiger partial charge in [0.1, 0.15) is 17.4 Å². The molecular formula is C25H18N4O2. The molecular weight excluding hydrogens is 388 g/mol. The van der Waals surface area contributed by atoms with Crippen LogP contribution in [0.15, 0.2) is 83.1 Å². The third-order valence-electron chi connectivity index (χ3n) is 4.92. The highest BCUT2D eigenvalue weighted by Crippen LogP contribution is 2.24. The first-order chi connectivity index (χ1) is 15.2. The van der Waals surface area contributed by atoms with Gasteiger partial charge in [0.15, 0.2) is 0 Å². The lowest BCUT2D eigenvalue weighted by Gasteiger charge is -2.05. The molecule has 0 aliphatic carbocycles. The maximum atomic E-state index is 12.5. The molecule has 6 nitrogen and oxygen atoms in total. The monoisotopic (exact) mass is 406 g/mol. The lowest BCUT2D eigenvalue weighted by atomic mass is 10.1. The number of nitrogens with one attached hydrogen (secondary N) is 1. The van der Waals surface area contributed by atoms with E-state index in [2.05, 4.69) is 16.0 Å². The molecule has 31 heavy (non-hydrogen) atoms. The molecule has 1 N–H and O–H groups in total. The van der Waals surface area contributed by atoms with Crippen LogP contribution in [0.25, 0.3) is 17.0 Å². The predicted octanol–water partition coefficient (Wildman–Crippen LogP) is 4.38. The van der Waals surface area contributed by atoms with Gasteiger partial charge in [0.05, 0.1) is 24.4 Å². The molecule has 6 heteroatoms. The van der Waals surface area contributed by atoms with Gasteiger partial charge in [-0.25, -0.2) is 0 Å². The maximum Gasteiger partial charge on any atom is 0.262 e. The largest absolute Gasteiger partial charge is 0.467 e. The highest BCUT2D eigenvalue weighted by molar-refractivity contribution is 6.04. The van der Waals surface area contributed by atoms with Crippen LogP contribution in [0, 0.1) is 22.7 Å². The Labute approximate surface area is 179 Å². The molecule has 2 aromatic carbocycles. The van der Waals surface area contributed by atoms with Crippen molar-refractivity contribution < 1.29 is 9.21 Å². The third kappa shape index (κ3) is 4.39. The number of nitrogens with zero attached hydrogens (tertiary/aromatic N) is 3. The third-order valence-corrected chi connectivity index (χ3v) is 4.92. The second-order valence-electron chi connectivity index (χ2n) is 6.97. The van der Waals surface area contributed by atoms with E-state index in [1.54, 1.807) is 30.3 Å². The zero-order valence-corrected chi connectivity index (χ0v) is 16.6. The lowest BCUT2D eigenvalue weighted by Crippen LogP contribution is -2.23. The van der Waals surface area contributed by atoms with Crippen LogP contribution in [0.2, 0.25) is 0 Å². The number of fused-ring (bicyclic) bond motifs is 1. The van der Waals surface area contributed by atoms with Gasteiger partial charge in [-0.05, 0) is 42.0 Å². The summed E-state index contributed by atoms with van der Waals surface area (Å²) in [5.74, 6) is 0.160. The van der Waals surface area contributed by atoms with Crippen molar-refractivity contribution in [2.45, 2.75) is 13.1 Å². The molecule has 0 aliphatic heterocycles. The second kappa shape index (κ2) is 8.86. The van der Waals surface area contributed by atoms with Gasteiger partial charge < -0.3 is 14.3 Å². The second-order valence-corrected chi connectivity index (χ2v) is 6.97. The molecule has 0 fully saturated rings. The Kier molecular flexibility index (Phi) is 5.64. The minimum Gasteiger partial charge on any atom is -0.467 e. The fraction of sp³-hybridized carbons (Fsp3) is 0.0800. The summed E-state index contributed by atoms with van der Waals surface area (Å²) in [7, 11) is 0. The van der Waals surface area contributed by atoms with Crippen LogP contribution in [-0.4, -0.2) is 10.5 Å². The fourth-order valence-corrected chi connectivity index (χ4v) is 3.38. The average Bonchev–Trinajstić information content (AvgIpc) is 3.45. The number of carbonyl (C=O) groups excluding carboxylic acids is 1. The number of aromatic nitrogens is 1. The van der Waals surface area contributed by atoms with Gasteiger partial charge in [-0.3, -0.25) is 4.79 Å². The zero-order chi connectivity index (χ0) is 21.6. The van der Waals surface area contributed by atoms with Crippen LogP contribution in [0.3, 0.4) is 0 Å². The fourth-order valence-electron chi connectivity index (χ4n) is 3.38. The van der Waals surface area contributed by atoms with Gasteiger partial charge in [-0.1, -0.05) is 30.3 Å². The van der Waals surface area contributed by atoms with Crippen LogP contribution < -0.4 is 5.32 Å². The quantitative estimate of drug-likeness (QED) is 0.380. The summed E-state index contributed by atoms with van der Waals surface area (Å²) in [5, 5.41) is 22.2. The zero-order valence-electron chi connectivity index (χ0n) is 16.6. The van der Waals surface area contributed by atoms with Crippen molar-refractivity contribution in [2.24, 2.45) is 0 Å². The van der Waals surface area contributed by atoms with E-state index in [9.17, 15) is 10.1 Å². The van der Waals surface area contributed by atoms with Crippen LogP contribution in [-0.2, 0) is 17.9 Å². The Morgan fingerprint density at radius 2 is 1.87 bits per heavy atom. The smallest absolute Gasteiger partial charge is 0.262 e. The highest BCUT2D eigenvalue weighted by atomic mass is 16.3. The van der Waals surface area contributed by atoms with E-state index in [1.807, 2.05) is 48.7 Å². The van der Waals surface area contributed by atoms with E-state index in [1.165, 1.54) is 6.26 Å².